The van der Waals surface area contributed by atoms with E-state index in [2.05, 4.69) is 4.72 Å². The van der Waals surface area contributed by atoms with Gasteiger partial charge in [0, 0.05) is 44.9 Å². The zero-order chi connectivity index (χ0) is 22.5. The van der Waals surface area contributed by atoms with Gasteiger partial charge in [-0.2, -0.15) is 0 Å². The van der Waals surface area contributed by atoms with Crippen LogP contribution < -0.4 is 4.72 Å². The third-order valence-corrected chi connectivity index (χ3v) is 6.28. The second-order valence-electron chi connectivity index (χ2n) is 7.19. The Kier molecular flexibility index (Phi) is 7.75. The summed E-state index contributed by atoms with van der Waals surface area (Å²) in [5, 5.41) is 0. The van der Waals surface area contributed by atoms with Crippen molar-refractivity contribution in [3.8, 4) is 0 Å². The van der Waals surface area contributed by atoms with Gasteiger partial charge in [0.25, 0.3) is 11.8 Å². The third-order valence-electron chi connectivity index (χ3n) is 4.73. The van der Waals surface area contributed by atoms with Gasteiger partial charge in [-0.05, 0) is 49.2 Å². The molecule has 0 bridgehead atoms. The van der Waals surface area contributed by atoms with Gasteiger partial charge in [-0.1, -0.05) is 25.1 Å². The highest BCUT2D eigenvalue weighted by atomic mass is 32.2. The zero-order valence-corrected chi connectivity index (χ0v) is 18.9. The summed E-state index contributed by atoms with van der Waals surface area (Å²) in [6.45, 7) is 6.44. The number of sulfonamides is 1. The van der Waals surface area contributed by atoms with Crippen molar-refractivity contribution in [2.75, 3.05) is 27.2 Å². The van der Waals surface area contributed by atoms with Crippen molar-refractivity contribution in [3.63, 3.8) is 0 Å². The lowest BCUT2D eigenvalue weighted by atomic mass is 10.1. The lowest BCUT2D eigenvalue weighted by molar-refractivity contribution is 0.0750. The summed E-state index contributed by atoms with van der Waals surface area (Å²) in [4.78, 5) is 28.4. The van der Waals surface area contributed by atoms with E-state index in [1.54, 1.807) is 51.0 Å². The van der Waals surface area contributed by atoms with Crippen LogP contribution in [0.1, 0.15) is 45.7 Å². The molecule has 0 aromatic heterocycles. The molecule has 0 saturated carbocycles. The van der Waals surface area contributed by atoms with Gasteiger partial charge in [0.15, 0.2) is 0 Å². The minimum atomic E-state index is -3.65. The fourth-order valence-electron chi connectivity index (χ4n) is 3.00. The normalized spacial score (nSPS) is 11.2. The summed E-state index contributed by atoms with van der Waals surface area (Å²) in [7, 11) is -0.261. The molecule has 2 amide bonds. The first kappa shape index (κ1) is 23.6. The molecular formula is C22H29N3O4S. The van der Waals surface area contributed by atoms with E-state index in [-0.39, 0.29) is 23.3 Å². The van der Waals surface area contributed by atoms with Gasteiger partial charge in [0.1, 0.15) is 0 Å². The van der Waals surface area contributed by atoms with Gasteiger partial charge in [0.05, 0.1) is 4.90 Å². The van der Waals surface area contributed by atoms with Crippen LogP contribution in [0.25, 0.3) is 0 Å². The standard InChI is InChI=1S/C22H29N3O4S/c1-6-23-30(28,29)19-13-8-16(3)20(14-19)22(27)25(7-2)15-17-9-11-18(12-10-17)21(26)24(4)5/h8-14,23H,6-7,15H2,1-5H3. The Morgan fingerprint density at radius 1 is 0.967 bits per heavy atom. The van der Waals surface area contributed by atoms with Gasteiger partial charge in [0.2, 0.25) is 10.0 Å². The molecule has 0 saturated heterocycles. The van der Waals surface area contributed by atoms with E-state index in [4.69, 9.17) is 0 Å². The van der Waals surface area contributed by atoms with Crippen LogP contribution in [0.15, 0.2) is 47.4 Å². The number of benzene rings is 2. The molecule has 8 heteroatoms. The molecule has 0 spiro atoms. The lowest BCUT2D eigenvalue weighted by Gasteiger charge is -2.22. The Morgan fingerprint density at radius 3 is 2.13 bits per heavy atom. The van der Waals surface area contributed by atoms with Gasteiger partial charge < -0.3 is 9.80 Å². The Labute approximate surface area is 178 Å². The molecule has 0 radical (unpaired) electrons. The van der Waals surface area contributed by atoms with Crippen LogP contribution in [-0.4, -0.2) is 57.2 Å². The molecular weight excluding hydrogens is 402 g/mol. The Balaban J connectivity index is 2.27. The smallest absolute Gasteiger partial charge is 0.254 e. The fraction of sp³-hybridized carbons (Fsp3) is 0.364. The van der Waals surface area contributed by atoms with E-state index in [0.717, 1.165) is 5.56 Å². The van der Waals surface area contributed by atoms with Crippen molar-refractivity contribution in [3.05, 3.63) is 64.7 Å². The topological polar surface area (TPSA) is 86.8 Å². The van der Waals surface area contributed by atoms with Gasteiger partial charge in [-0.3, -0.25) is 9.59 Å². The molecule has 0 heterocycles. The summed E-state index contributed by atoms with van der Waals surface area (Å²) >= 11 is 0. The van der Waals surface area contributed by atoms with Gasteiger partial charge in [-0.15, -0.1) is 0 Å². The average molecular weight is 432 g/mol. The summed E-state index contributed by atoms with van der Waals surface area (Å²) in [5.41, 5.74) is 2.53. The molecule has 0 aliphatic carbocycles. The van der Waals surface area contributed by atoms with Crippen LogP contribution in [0.2, 0.25) is 0 Å². The maximum atomic E-state index is 13.2. The maximum absolute atomic E-state index is 13.2. The second kappa shape index (κ2) is 9.86. The molecule has 2 aromatic rings. The first-order chi connectivity index (χ1) is 14.1. The van der Waals surface area contributed by atoms with Crippen LogP contribution in [-0.2, 0) is 16.6 Å². The lowest BCUT2D eigenvalue weighted by Crippen LogP contribution is -2.31. The fourth-order valence-corrected chi connectivity index (χ4v) is 4.07. The minimum Gasteiger partial charge on any atom is -0.345 e. The predicted octanol–water partition coefficient (Wildman–Crippen LogP) is 2.66. The Hall–Kier alpha value is -2.71. The van der Waals surface area contributed by atoms with Crippen LogP contribution in [0.5, 0.6) is 0 Å². The van der Waals surface area contributed by atoms with Crippen molar-refractivity contribution >= 4 is 21.8 Å². The van der Waals surface area contributed by atoms with E-state index in [1.165, 1.54) is 17.0 Å². The quantitative estimate of drug-likeness (QED) is 0.696. The number of aryl methyl sites for hydroxylation is 1. The number of nitrogens with one attached hydrogen (secondary N) is 1. The van der Waals surface area contributed by atoms with Gasteiger partial charge >= 0.3 is 0 Å². The third kappa shape index (κ3) is 5.46. The average Bonchev–Trinajstić information content (AvgIpc) is 2.71. The molecule has 2 aromatic carbocycles. The van der Waals surface area contributed by atoms with Crippen molar-refractivity contribution in [1.29, 1.82) is 0 Å². The highest BCUT2D eigenvalue weighted by Gasteiger charge is 2.21. The first-order valence-corrected chi connectivity index (χ1v) is 11.3. The number of rotatable bonds is 8. The zero-order valence-electron chi connectivity index (χ0n) is 18.1. The molecule has 0 atom stereocenters. The number of nitrogens with zero attached hydrogens (tertiary/aromatic N) is 2. The van der Waals surface area contributed by atoms with Gasteiger partial charge in [-0.25, -0.2) is 13.1 Å². The van der Waals surface area contributed by atoms with Crippen LogP contribution in [0.3, 0.4) is 0 Å². The number of amides is 2. The largest absolute Gasteiger partial charge is 0.345 e. The summed E-state index contributed by atoms with van der Waals surface area (Å²) in [6.07, 6.45) is 0. The first-order valence-electron chi connectivity index (χ1n) is 9.80. The van der Waals surface area contributed by atoms with Crippen LogP contribution in [0, 0.1) is 6.92 Å². The van der Waals surface area contributed by atoms with Crippen LogP contribution >= 0.6 is 0 Å². The number of hydrogen-bond donors (Lipinski definition) is 1. The highest BCUT2D eigenvalue weighted by molar-refractivity contribution is 7.89. The summed E-state index contributed by atoms with van der Waals surface area (Å²) in [6, 6.07) is 11.7. The van der Waals surface area contributed by atoms with Crippen molar-refractivity contribution in [2.24, 2.45) is 0 Å². The van der Waals surface area contributed by atoms with Crippen LogP contribution in [0.4, 0.5) is 0 Å². The van der Waals surface area contributed by atoms with E-state index < -0.39 is 10.0 Å². The monoisotopic (exact) mass is 431 g/mol. The Bertz CT molecular complexity index is 1020. The van der Waals surface area contributed by atoms with Crippen molar-refractivity contribution < 1.29 is 18.0 Å². The van der Waals surface area contributed by atoms with E-state index >= 15 is 0 Å². The molecule has 0 unspecified atom stereocenters. The second-order valence-corrected chi connectivity index (χ2v) is 8.96. The molecule has 0 aliphatic rings. The summed E-state index contributed by atoms with van der Waals surface area (Å²) < 4.78 is 27.1. The molecule has 0 fully saturated rings. The molecule has 7 nitrogen and oxygen atoms in total. The number of hydrogen-bond acceptors (Lipinski definition) is 4. The Morgan fingerprint density at radius 2 is 1.60 bits per heavy atom. The minimum absolute atomic E-state index is 0.0703. The SMILES string of the molecule is CCNS(=O)(=O)c1ccc(C)c(C(=O)N(CC)Cc2ccc(C(=O)N(C)C)cc2)c1. The molecule has 2 rings (SSSR count). The van der Waals surface area contributed by atoms with E-state index in [1.807, 2.05) is 19.1 Å². The molecule has 162 valence electrons. The summed E-state index contributed by atoms with van der Waals surface area (Å²) in [5.74, 6) is -0.323. The highest BCUT2D eigenvalue weighted by Crippen LogP contribution is 2.19. The number of carbonyl (C=O) groups is 2. The van der Waals surface area contributed by atoms with E-state index in [9.17, 15) is 18.0 Å². The maximum Gasteiger partial charge on any atom is 0.254 e. The predicted molar refractivity (Wildman–Crippen MR) is 117 cm³/mol. The molecule has 1 N–H and O–H groups in total. The molecule has 0 aliphatic heterocycles. The van der Waals surface area contributed by atoms with Crippen molar-refractivity contribution in [2.45, 2.75) is 32.2 Å². The van der Waals surface area contributed by atoms with E-state index in [0.29, 0.717) is 29.8 Å². The molecule has 30 heavy (non-hydrogen) atoms. The van der Waals surface area contributed by atoms with Crippen molar-refractivity contribution in [1.82, 2.24) is 14.5 Å². The number of carbonyl (C=O) groups excluding carboxylic acids is 2.